The third-order valence-corrected chi connectivity index (χ3v) is 2.28. The van der Waals surface area contributed by atoms with Gasteiger partial charge in [-0.05, 0) is 32.2 Å². The van der Waals surface area contributed by atoms with Gasteiger partial charge < -0.3 is 10.1 Å². The predicted molar refractivity (Wildman–Crippen MR) is 62.7 cm³/mol. The van der Waals surface area contributed by atoms with Crippen LogP contribution < -0.4 is 5.32 Å². The third-order valence-electron chi connectivity index (χ3n) is 2.28. The van der Waals surface area contributed by atoms with E-state index in [0.717, 1.165) is 32.6 Å². The molecule has 0 aliphatic carbocycles. The fraction of sp³-hybridized carbons (Fsp3) is 1.00. The summed E-state index contributed by atoms with van der Waals surface area (Å²) in [4.78, 5) is 0. The van der Waals surface area contributed by atoms with Gasteiger partial charge in [-0.15, -0.1) is 0 Å². The number of hydrogen-bond donors (Lipinski definition) is 1. The lowest BCUT2D eigenvalue weighted by Gasteiger charge is -2.17. The highest BCUT2D eigenvalue weighted by Gasteiger charge is 2.05. The molecular formula is C12H27NO. The zero-order valence-electron chi connectivity index (χ0n) is 10.1. The largest absolute Gasteiger partial charge is 0.381 e. The van der Waals surface area contributed by atoms with Crippen LogP contribution in [-0.2, 0) is 4.74 Å². The highest BCUT2D eigenvalue weighted by molar-refractivity contribution is 4.65. The molecule has 0 saturated carbocycles. The second kappa shape index (κ2) is 11.0. The van der Waals surface area contributed by atoms with Crippen molar-refractivity contribution < 1.29 is 4.74 Å². The summed E-state index contributed by atoms with van der Waals surface area (Å²) in [7, 11) is 0. The van der Waals surface area contributed by atoms with Gasteiger partial charge in [0.25, 0.3) is 0 Å². The lowest BCUT2D eigenvalue weighted by Crippen LogP contribution is -2.30. The molecule has 0 radical (unpaired) electrons. The van der Waals surface area contributed by atoms with Crippen LogP contribution in [0.3, 0.4) is 0 Å². The summed E-state index contributed by atoms with van der Waals surface area (Å²) < 4.78 is 5.50. The molecule has 0 aromatic carbocycles. The number of nitrogens with one attached hydrogen (secondary N) is 1. The monoisotopic (exact) mass is 201 g/mol. The van der Waals surface area contributed by atoms with Crippen molar-refractivity contribution in [3.8, 4) is 0 Å². The molecule has 14 heavy (non-hydrogen) atoms. The van der Waals surface area contributed by atoms with Gasteiger partial charge in [0.05, 0.1) is 0 Å². The van der Waals surface area contributed by atoms with Gasteiger partial charge in [0.15, 0.2) is 0 Å². The van der Waals surface area contributed by atoms with Crippen LogP contribution in [0.15, 0.2) is 0 Å². The normalized spacial score (nSPS) is 13.1. The maximum Gasteiger partial charge on any atom is 0.0480 e. The summed E-state index contributed by atoms with van der Waals surface area (Å²) in [6.45, 7) is 9.57. The van der Waals surface area contributed by atoms with E-state index < -0.39 is 0 Å². The Morgan fingerprint density at radius 1 is 0.929 bits per heavy atom. The molecule has 0 fully saturated rings. The molecule has 0 aliphatic rings. The van der Waals surface area contributed by atoms with Crippen molar-refractivity contribution in [2.75, 3.05) is 19.8 Å². The van der Waals surface area contributed by atoms with Gasteiger partial charge in [0.2, 0.25) is 0 Å². The molecular weight excluding hydrogens is 174 g/mol. The minimum absolute atomic E-state index is 0.664. The molecule has 1 atom stereocenters. The van der Waals surface area contributed by atoms with Crippen molar-refractivity contribution in [3.63, 3.8) is 0 Å². The Bertz CT molecular complexity index is 106. The highest BCUT2D eigenvalue weighted by atomic mass is 16.5. The quantitative estimate of drug-likeness (QED) is 0.549. The van der Waals surface area contributed by atoms with Crippen LogP contribution in [-0.4, -0.2) is 25.8 Å². The van der Waals surface area contributed by atoms with Crippen molar-refractivity contribution in [2.24, 2.45) is 0 Å². The number of hydrogen-bond acceptors (Lipinski definition) is 2. The Morgan fingerprint density at radius 3 is 2.29 bits per heavy atom. The van der Waals surface area contributed by atoms with Gasteiger partial charge in [-0.3, -0.25) is 0 Å². The first-order valence-electron chi connectivity index (χ1n) is 6.16. The Labute approximate surface area is 89.4 Å². The molecule has 0 aliphatic heterocycles. The molecule has 1 unspecified atom stereocenters. The van der Waals surface area contributed by atoms with Crippen LogP contribution in [0.1, 0.15) is 52.9 Å². The standard InChI is InChI=1S/C12H27NO/c1-4-7-12(13-9-5-2)8-11-14-10-6-3/h12-13H,4-11H2,1-3H3. The van der Waals surface area contributed by atoms with Gasteiger partial charge in [-0.25, -0.2) is 0 Å². The van der Waals surface area contributed by atoms with Gasteiger partial charge in [-0.1, -0.05) is 27.2 Å². The first-order chi connectivity index (χ1) is 6.85. The maximum absolute atomic E-state index is 5.50. The second-order valence-electron chi connectivity index (χ2n) is 3.84. The smallest absolute Gasteiger partial charge is 0.0480 e. The number of rotatable bonds is 10. The summed E-state index contributed by atoms with van der Waals surface area (Å²) in [6.07, 6.45) is 6.04. The fourth-order valence-electron chi connectivity index (χ4n) is 1.52. The highest BCUT2D eigenvalue weighted by Crippen LogP contribution is 2.02. The second-order valence-corrected chi connectivity index (χ2v) is 3.84. The average molecular weight is 201 g/mol. The Hall–Kier alpha value is -0.0800. The first-order valence-corrected chi connectivity index (χ1v) is 6.16. The van der Waals surface area contributed by atoms with Crippen molar-refractivity contribution in [2.45, 2.75) is 58.9 Å². The molecule has 0 bridgehead atoms. The topological polar surface area (TPSA) is 21.3 Å². The molecule has 0 heterocycles. The summed E-state index contributed by atoms with van der Waals surface area (Å²) >= 11 is 0. The van der Waals surface area contributed by atoms with E-state index in [1.54, 1.807) is 0 Å². The molecule has 0 amide bonds. The maximum atomic E-state index is 5.50. The van der Waals surface area contributed by atoms with Crippen LogP contribution in [0, 0.1) is 0 Å². The van der Waals surface area contributed by atoms with E-state index in [0.29, 0.717) is 6.04 Å². The van der Waals surface area contributed by atoms with Gasteiger partial charge in [-0.2, -0.15) is 0 Å². The molecule has 2 heteroatoms. The van der Waals surface area contributed by atoms with E-state index in [9.17, 15) is 0 Å². The summed E-state index contributed by atoms with van der Waals surface area (Å²) in [5, 5.41) is 3.57. The van der Waals surface area contributed by atoms with Crippen LogP contribution in [0.2, 0.25) is 0 Å². The number of ether oxygens (including phenoxy) is 1. The van der Waals surface area contributed by atoms with E-state index in [4.69, 9.17) is 4.74 Å². The molecule has 86 valence electrons. The molecule has 0 rings (SSSR count). The summed E-state index contributed by atoms with van der Waals surface area (Å²) in [5.74, 6) is 0. The summed E-state index contributed by atoms with van der Waals surface area (Å²) in [5.41, 5.74) is 0. The third kappa shape index (κ3) is 8.52. The van der Waals surface area contributed by atoms with Crippen molar-refractivity contribution in [1.29, 1.82) is 0 Å². The van der Waals surface area contributed by atoms with Crippen molar-refractivity contribution in [3.05, 3.63) is 0 Å². The minimum atomic E-state index is 0.664. The minimum Gasteiger partial charge on any atom is -0.381 e. The van der Waals surface area contributed by atoms with Crippen LogP contribution >= 0.6 is 0 Å². The Morgan fingerprint density at radius 2 is 1.71 bits per heavy atom. The van der Waals surface area contributed by atoms with E-state index in [1.165, 1.54) is 19.3 Å². The molecule has 2 nitrogen and oxygen atoms in total. The van der Waals surface area contributed by atoms with Crippen LogP contribution in [0.5, 0.6) is 0 Å². The molecule has 0 aromatic rings. The van der Waals surface area contributed by atoms with Gasteiger partial charge in [0, 0.05) is 19.3 Å². The lowest BCUT2D eigenvalue weighted by atomic mass is 10.1. The predicted octanol–water partition coefficient (Wildman–Crippen LogP) is 2.97. The van der Waals surface area contributed by atoms with Crippen molar-refractivity contribution >= 4 is 0 Å². The van der Waals surface area contributed by atoms with E-state index in [2.05, 4.69) is 26.1 Å². The summed E-state index contributed by atoms with van der Waals surface area (Å²) in [6, 6.07) is 0.664. The molecule has 0 spiro atoms. The van der Waals surface area contributed by atoms with Crippen LogP contribution in [0.4, 0.5) is 0 Å². The Kier molecular flexibility index (Phi) is 10.9. The fourth-order valence-corrected chi connectivity index (χ4v) is 1.52. The molecule has 0 aromatic heterocycles. The van der Waals surface area contributed by atoms with Gasteiger partial charge in [0.1, 0.15) is 0 Å². The SMILES string of the molecule is CCCNC(CCC)CCOCCC. The zero-order chi connectivity index (χ0) is 10.6. The van der Waals surface area contributed by atoms with Crippen LogP contribution in [0.25, 0.3) is 0 Å². The van der Waals surface area contributed by atoms with E-state index >= 15 is 0 Å². The zero-order valence-corrected chi connectivity index (χ0v) is 10.1. The first kappa shape index (κ1) is 13.9. The Balaban J connectivity index is 3.40. The van der Waals surface area contributed by atoms with E-state index in [1.807, 2.05) is 0 Å². The molecule has 0 saturated heterocycles. The lowest BCUT2D eigenvalue weighted by molar-refractivity contribution is 0.123. The van der Waals surface area contributed by atoms with Crippen molar-refractivity contribution in [1.82, 2.24) is 5.32 Å². The average Bonchev–Trinajstić information content (AvgIpc) is 2.20. The van der Waals surface area contributed by atoms with E-state index in [-0.39, 0.29) is 0 Å². The molecule has 1 N–H and O–H groups in total. The van der Waals surface area contributed by atoms with Gasteiger partial charge >= 0.3 is 0 Å².